The number of amides is 1. The number of methoxy groups -OCH3 is 1. The van der Waals surface area contributed by atoms with E-state index in [2.05, 4.69) is 10.4 Å². The highest BCUT2D eigenvalue weighted by atomic mass is 32.2. The quantitative estimate of drug-likeness (QED) is 0.892. The number of hydrogen-bond acceptors (Lipinski definition) is 5. The molecule has 0 fully saturated rings. The molecule has 0 radical (unpaired) electrons. The smallest absolute Gasteiger partial charge is 0.270 e. The SMILES string of the molecule is COc1ccc(-n2nc(S(C)(=O)=O)c3c2C(=O)NCC3)cc1. The Morgan fingerprint density at radius 1 is 1.27 bits per heavy atom. The normalized spacial score (nSPS) is 14.4. The summed E-state index contributed by atoms with van der Waals surface area (Å²) in [5.74, 6) is 0.344. The number of aromatic nitrogens is 2. The van der Waals surface area contributed by atoms with Crippen LogP contribution >= 0.6 is 0 Å². The molecule has 8 heteroatoms. The Bertz CT molecular complexity index is 838. The molecule has 1 aromatic carbocycles. The predicted octanol–water partition coefficient (Wildman–Crippen LogP) is 0.570. The standard InChI is InChI=1S/C14H15N3O4S/c1-21-10-5-3-9(4-6-10)17-12-11(7-8-15-13(12)18)14(16-17)22(2,19)20/h3-6H,7-8H2,1-2H3,(H,15,18). The lowest BCUT2D eigenvalue weighted by molar-refractivity contribution is 0.0938. The largest absolute Gasteiger partial charge is 0.497 e. The topological polar surface area (TPSA) is 90.3 Å². The first kappa shape index (κ1) is 14.6. The number of benzene rings is 1. The fourth-order valence-corrected chi connectivity index (χ4v) is 3.36. The zero-order valence-corrected chi connectivity index (χ0v) is 13.0. The van der Waals surface area contributed by atoms with Crippen LogP contribution in [0, 0.1) is 0 Å². The van der Waals surface area contributed by atoms with Crippen molar-refractivity contribution in [2.24, 2.45) is 0 Å². The summed E-state index contributed by atoms with van der Waals surface area (Å²) in [6.45, 7) is 0.405. The Morgan fingerprint density at radius 3 is 2.55 bits per heavy atom. The van der Waals surface area contributed by atoms with Crippen molar-refractivity contribution in [1.29, 1.82) is 0 Å². The molecule has 0 saturated carbocycles. The first-order valence-corrected chi connectivity index (χ1v) is 8.55. The van der Waals surface area contributed by atoms with E-state index in [9.17, 15) is 13.2 Å². The molecular formula is C14H15N3O4S. The molecule has 1 aliphatic heterocycles. The van der Waals surface area contributed by atoms with Gasteiger partial charge in [-0.2, -0.15) is 5.10 Å². The van der Waals surface area contributed by atoms with Gasteiger partial charge in [-0.3, -0.25) is 4.79 Å². The second-order valence-electron chi connectivity index (χ2n) is 5.02. The average Bonchev–Trinajstić information content (AvgIpc) is 2.88. The van der Waals surface area contributed by atoms with Gasteiger partial charge in [0.15, 0.2) is 14.9 Å². The van der Waals surface area contributed by atoms with Gasteiger partial charge in [-0.05, 0) is 30.7 Å². The fourth-order valence-electron chi connectivity index (χ4n) is 2.48. The van der Waals surface area contributed by atoms with E-state index >= 15 is 0 Å². The number of rotatable bonds is 3. The molecule has 7 nitrogen and oxygen atoms in total. The maximum Gasteiger partial charge on any atom is 0.270 e. The van der Waals surface area contributed by atoms with Crippen LogP contribution in [0.1, 0.15) is 16.1 Å². The van der Waals surface area contributed by atoms with Crippen molar-refractivity contribution in [3.63, 3.8) is 0 Å². The summed E-state index contributed by atoms with van der Waals surface area (Å²) in [6, 6.07) is 6.90. The van der Waals surface area contributed by atoms with Crippen molar-refractivity contribution < 1.29 is 17.9 Å². The van der Waals surface area contributed by atoms with Crippen LogP contribution in [-0.4, -0.2) is 44.0 Å². The minimum absolute atomic E-state index is 0.0341. The van der Waals surface area contributed by atoms with E-state index in [0.717, 1.165) is 6.26 Å². The maximum absolute atomic E-state index is 12.2. The Balaban J connectivity index is 2.23. The van der Waals surface area contributed by atoms with Gasteiger partial charge in [-0.15, -0.1) is 0 Å². The van der Waals surface area contributed by atoms with Crippen molar-refractivity contribution in [2.75, 3.05) is 19.9 Å². The molecule has 1 aliphatic rings. The molecule has 0 atom stereocenters. The molecule has 1 N–H and O–H groups in total. The zero-order chi connectivity index (χ0) is 15.9. The van der Waals surface area contributed by atoms with Gasteiger partial charge in [-0.25, -0.2) is 13.1 Å². The molecule has 2 aromatic rings. The summed E-state index contributed by atoms with van der Waals surface area (Å²) < 4.78 is 30.3. The predicted molar refractivity (Wildman–Crippen MR) is 79.3 cm³/mol. The van der Waals surface area contributed by atoms with Crippen molar-refractivity contribution >= 4 is 15.7 Å². The fraction of sp³-hybridized carbons (Fsp3) is 0.286. The summed E-state index contributed by atoms with van der Waals surface area (Å²) in [5.41, 5.74) is 1.35. The van der Waals surface area contributed by atoms with Gasteiger partial charge in [-0.1, -0.05) is 0 Å². The first-order valence-electron chi connectivity index (χ1n) is 6.66. The van der Waals surface area contributed by atoms with E-state index in [0.29, 0.717) is 30.0 Å². The molecular weight excluding hydrogens is 306 g/mol. The highest BCUT2D eigenvalue weighted by Gasteiger charge is 2.31. The lowest BCUT2D eigenvalue weighted by Crippen LogP contribution is -2.33. The third kappa shape index (κ3) is 2.35. The lowest BCUT2D eigenvalue weighted by Gasteiger charge is -2.14. The van der Waals surface area contributed by atoms with Gasteiger partial charge in [0.1, 0.15) is 11.4 Å². The van der Waals surface area contributed by atoms with E-state index in [1.807, 2.05) is 0 Å². The number of nitrogens with one attached hydrogen (secondary N) is 1. The monoisotopic (exact) mass is 321 g/mol. The van der Waals surface area contributed by atoms with Crippen LogP contribution in [0.5, 0.6) is 5.75 Å². The number of nitrogens with zero attached hydrogens (tertiary/aromatic N) is 2. The maximum atomic E-state index is 12.2. The van der Waals surface area contributed by atoms with Crippen LogP contribution in [0.3, 0.4) is 0 Å². The zero-order valence-electron chi connectivity index (χ0n) is 12.2. The molecule has 3 rings (SSSR count). The van der Waals surface area contributed by atoms with Gasteiger partial charge in [0.25, 0.3) is 5.91 Å². The van der Waals surface area contributed by atoms with Crippen molar-refractivity contribution in [1.82, 2.24) is 15.1 Å². The first-order chi connectivity index (χ1) is 10.4. The molecule has 22 heavy (non-hydrogen) atoms. The molecule has 0 aliphatic carbocycles. The van der Waals surface area contributed by atoms with Crippen LogP contribution in [0.25, 0.3) is 5.69 Å². The number of sulfone groups is 1. The Hall–Kier alpha value is -2.35. The Kier molecular flexibility index (Phi) is 3.40. The summed E-state index contributed by atoms with van der Waals surface area (Å²) in [6.07, 6.45) is 1.54. The molecule has 0 spiro atoms. The molecule has 1 amide bonds. The van der Waals surface area contributed by atoms with Gasteiger partial charge >= 0.3 is 0 Å². The van der Waals surface area contributed by atoms with E-state index < -0.39 is 9.84 Å². The van der Waals surface area contributed by atoms with Gasteiger partial charge in [0, 0.05) is 18.4 Å². The molecule has 0 saturated heterocycles. The van der Waals surface area contributed by atoms with Crippen molar-refractivity contribution in [2.45, 2.75) is 11.4 Å². The lowest BCUT2D eigenvalue weighted by atomic mass is 10.1. The van der Waals surface area contributed by atoms with Gasteiger partial charge in [0.2, 0.25) is 0 Å². The molecule has 2 heterocycles. The average molecular weight is 321 g/mol. The second kappa shape index (κ2) is 5.13. The van der Waals surface area contributed by atoms with Gasteiger partial charge < -0.3 is 10.1 Å². The Morgan fingerprint density at radius 2 is 1.95 bits per heavy atom. The van der Waals surface area contributed by atoms with Crippen LogP contribution in [-0.2, 0) is 16.3 Å². The summed E-state index contributed by atoms with van der Waals surface area (Å²) in [7, 11) is -1.95. The molecule has 0 unspecified atom stereocenters. The number of ether oxygens (including phenoxy) is 1. The van der Waals surface area contributed by atoms with Crippen LogP contribution in [0.15, 0.2) is 29.3 Å². The number of carbonyl (C=O) groups excluding carboxylic acids is 1. The number of fused-ring (bicyclic) bond motifs is 1. The highest BCUT2D eigenvalue weighted by molar-refractivity contribution is 7.90. The van der Waals surface area contributed by atoms with E-state index in [-0.39, 0.29) is 16.6 Å². The Labute approximate surface area is 127 Å². The van der Waals surface area contributed by atoms with E-state index in [1.165, 1.54) is 4.68 Å². The van der Waals surface area contributed by atoms with E-state index in [4.69, 9.17) is 4.74 Å². The van der Waals surface area contributed by atoms with Crippen LogP contribution < -0.4 is 10.1 Å². The molecule has 0 bridgehead atoms. The number of hydrogen-bond donors (Lipinski definition) is 1. The molecule has 116 valence electrons. The number of carbonyl (C=O) groups is 1. The summed E-state index contributed by atoms with van der Waals surface area (Å²) >= 11 is 0. The van der Waals surface area contributed by atoms with Crippen molar-refractivity contribution in [3.05, 3.63) is 35.5 Å². The summed E-state index contributed by atoms with van der Waals surface area (Å²) in [4.78, 5) is 12.2. The van der Waals surface area contributed by atoms with E-state index in [1.54, 1.807) is 31.4 Å². The van der Waals surface area contributed by atoms with Crippen molar-refractivity contribution in [3.8, 4) is 11.4 Å². The second-order valence-corrected chi connectivity index (χ2v) is 6.95. The summed E-state index contributed by atoms with van der Waals surface area (Å²) in [5, 5.41) is 6.85. The van der Waals surface area contributed by atoms with Gasteiger partial charge in [0.05, 0.1) is 12.8 Å². The third-order valence-electron chi connectivity index (χ3n) is 3.49. The highest BCUT2D eigenvalue weighted by Crippen LogP contribution is 2.26. The minimum atomic E-state index is -3.50. The molecule has 1 aromatic heterocycles. The van der Waals surface area contributed by atoms with Crippen LogP contribution in [0.4, 0.5) is 0 Å². The third-order valence-corrected chi connectivity index (χ3v) is 4.52. The van der Waals surface area contributed by atoms with Crippen LogP contribution in [0.2, 0.25) is 0 Å². The minimum Gasteiger partial charge on any atom is -0.497 e.